The first-order chi connectivity index (χ1) is 6.75. The van der Waals surface area contributed by atoms with Gasteiger partial charge in [-0.05, 0) is 25.6 Å². The van der Waals surface area contributed by atoms with Gasteiger partial charge in [0.25, 0.3) is 0 Å². The van der Waals surface area contributed by atoms with Crippen LogP contribution < -0.4 is 0 Å². The normalized spacial score (nSPS) is 16.7. The van der Waals surface area contributed by atoms with E-state index in [2.05, 4.69) is 45.5 Å². The van der Waals surface area contributed by atoms with Crippen LogP contribution in [0.1, 0.15) is 19.5 Å². The van der Waals surface area contributed by atoms with E-state index < -0.39 is 0 Å². The van der Waals surface area contributed by atoms with Gasteiger partial charge in [-0.1, -0.05) is 6.08 Å². The highest BCUT2D eigenvalue weighted by molar-refractivity contribution is 5.69. The maximum absolute atomic E-state index is 4.30. The Morgan fingerprint density at radius 2 is 2.43 bits per heavy atom. The molecule has 1 aromatic rings. The highest BCUT2D eigenvalue weighted by atomic mass is 15.2. The molecule has 0 fully saturated rings. The molecule has 2 rings (SSSR count). The van der Waals surface area contributed by atoms with E-state index in [1.54, 1.807) is 0 Å². The summed E-state index contributed by atoms with van der Waals surface area (Å²) in [5.41, 5.74) is 1.10. The smallest absolute Gasteiger partial charge is 0.180 e. The van der Waals surface area contributed by atoms with Crippen molar-refractivity contribution in [2.24, 2.45) is 0 Å². The predicted octanol–water partition coefficient (Wildman–Crippen LogP) is 1.59. The molecule has 0 saturated carbocycles. The van der Waals surface area contributed by atoms with Crippen LogP contribution in [0.5, 0.6) is 0 Å². The first-order valence-corrected chi connectivity index (χ1v) is 4.73. The van der Waals surface area contributed by atoms with Crippen LogP contribution in [0.3, 0.4) is 0 Å². The Kier molecular flexibility index (Phi) is 2.35. The van der Waals surface area contributed by atoms with Gasteiger partial charge in [0, 0.05) is 20.6 Å². The highest BCUT2D eigenvalue weighted by Crippen LogP contribution is 2.15. The zero-order valence-electron chi connectivity index (χ0n) is 8.49. The van der Waals surface area contributed by atoms with Gasteiger partial charge in [-0.15, -0.1) is 0 Å². The van der Waals surface area contributed by atoms with Crippen LogP contribution in [-0.4, -0.2) is 33.7 Å². The van der Waals surface area contributed by atoms with Crippen LogP contribution in [0.2, 0.25) is 0 Å². The number of nitrogens with zero attached hydrogens (tertiary/aromatic N) is 3. The van der Waals surface area contributed by atoms with E-state index >= 15 is 0 Å². The van der Waals surface area contributed by atoms with Crippen molar-refractivity contribution in [3.05, 3.63) is 30.0 Å². The van der Waals surface area contributed by atoms with E-state index in [1.807, 2.05) is 6.92 Å². The summed E-state index contributed by atoms with van der Waals surface area (Å²) in [5, 5.41) is 6.98. The second kappa shape index (κ2) is 3.65. The van der Waals surface area contributed by atoms with Crippen molar-refractivity contribution in [2.75, 3.05) is 13.6 Å². The number of nitrogens with one attached hydrogen (secondary N) is 1. The monoisotopic (exact) mass is 192 g/mol. The number of aromatic amines is 1. The third-order valence-corrected chi connectivity index (χ3v) is 2.21. The zero-order valence-corrected chi connectivity index (χ0v) is 8.49. The van der Waals surface area contributed by atoms with Crippen LogP contribution in [0, 0.1) is 6.92 Å². The molecule has 0 amide bonds. The highest BCUT2D eigenvalue weighted by Gasteiger charge is 2.06. The standard InChI is InChI=1S/C10H14N4.H2/c1-8-11-10(13-12-8)9-4-3-6-14(2)7-5-9;/h4-5,7H,3,6H2,1-2H3,(H,11,12,13);1H. The Morgan fingerprint density at radius 1 is 1.57 bits per heavy atom. The van der Waals surface area contributed by atoms with Crippen molar-refractivity contribution in [1.82, 2.24) is 20.1 Å². The second-order valence-corrected chi connectivity index (χ2v) is 3.49. The fraction of sp³-hybridized carbons (Fsp3) is 0.400. The Bertz CT molecular complexity index is 381. The molecular weight excluding hydrogens is 176 g/mol. The van der Waals surface area contributed by atoms with Crippen molar-refractivity contribution in [1.29, 1.82) is 0 Å². The van der Waals surface area contributed by atoms with E-state index in [9.17, 15) is 0 Å². The SMILES string of the molecule is Cc1nc(C2=CCCN(C)C=C2)n[nH]1.[HH]. The van der Waals surface area contributed by atoms with Gasteiger partial charge in [0.2, 0.25) is 0 Å². The maximum atomic E-state index is 4.30. The Morgan fingerprint density at radius 3 is 3.14 bits per heavy atom. The van der Waals surface area contributed by atoms with Crippen LogP contribution in [0.4, 0.5) is 0 Å². The van der Waals surface area contributed by atoms with Crippen LogP contribution in [-0.2, 0) is 0 Å². The first kappa shape index (κ1) is 8.99. The van der Waals surface area contributed by atoms with Crippen LogP contribution in [0.25, 0.3) is 5.57 Å². The second-order valence-electron chi connectivity index (χ2n) is 3.49. The van der Waals surface area contributed by atoms with Crippen molar-refractivity contribution >= 4 is 5.57 Å². The number of aryl methyl sites for hydroxylation is 1. The maximum Gasteiger partial charge on any atom is 0.180 e. The first-order valence-electron chi connectivity index (χ1n) is 4.73. The number of hydrogen-bond donors (Lipinski definition) is 1. The molecule has 1 aromatic heterocycles. The van der Waals surface area contributed by atoms with Crippen molar-refractivity contribution in [2.45, 2.75) is 13.3 Å². The summed E-state index contributed by atoms with van der Waals surface area (Å²) in [5.74, 6) is 1.64. The Labute approximate surface area is 84.8 Å². The number of rotatable bonds is 1. The number of hydrogen-bond acceptors (Lipinski definition) is 3. The van der Waals surface area contributed by atoms with E-state index in [4.69, 9.17) is 0 Å². The molecule has 0 aromatic carbocycles. The molecule has 76 valence electrons. The molecule has 1 aliphatic heterocycles. The van der Waals surface area contributed by atoms with Crippen LogP contribution in [0.15, 0.2) is 18.4 Å². The summed E-state index contributed by atoms with van der Waals surface area (Å²) in [6.45, 7) is 2.95. The molecule has 4 nitrogen and oxygen atoms in total. The predicted molar refractivity (Wildman–Crippen MR) is 57.6 cm³/mol. The summed E-state index contributed by atoms with van der Waals surface area (Å²) in [7, 11) is 2.07. The molecule has 0 radical (unpaired) electrons. The molecule has 1 N–H and O–H groups in total. The molecule has 1 aliphatic rings. The number of H-pyrrole nitrogens is 1. The average molecular weight is 192 g/mol. The fourth-order valence-electron chi connectivity index (χ4n) is 1.41. The van der Waals surface area contributed by atoms with Gasteiger partial charge in [-0.3, -0.25) is 5.10 Å². The zero-order chi connectivity index (χ0) is 9.97. The van der Waals surface area contributed by atoms with E-state index in [0.717, 1.165) is 30.2 Å². The van der Waals surface area contributed by atoms with Gasteiger partial charge in [-0.2, -0.15) is 5.10 Å². The molecule has 0 bridgehead atoms. The Hall–Kier alpha value is -1.58. The van der Waals surface area contributed by atoms with Crippen molar-refractivity contribution in [3.63, 3.8) is 0 Å². The largest absolute Gasteiger partial charge is 0.380 e. The quantitative estimate of drug-likeness (QED) is 0.735. The minimum absolute atomic E-state index is 0. The molecule has 0 saturated heterocycles. The summed E-state index contributed by atoms with van der Waals surface area (Å²) in [4.78, 5) is 6.45. The molecule has 4 heteroatoms. The summed E-state index contributed by atoms with van der Waals surface area (Å²) >= 11 is 0. The molecule has 0 aliphatic carbocycles. The fourth-order valence-corrected chi connectivity index (χ4v) is 1.41. The van der Waals surface area contributed by atoms with Gasteiger partial charge >= 0.3 is 0 Å². The summed E-state index contributed by atoms with van der Waals surface area (Å²) in [6.07, 6.45) is 7.31. The van der Waals surface area contributed by atoms with Crippen molar-refractivity contribution < 1.29 is 1.43 Å². The third kappa shape index (κ3) is 1.84. The molecule has 0 spiro atoms. The third-order valence-electron chi connectivity index (χ3n) is 2.21. The van der Waals surface area contributed by atoms with Gasteiger partial charge in [0.05, 0.1) is 0 Å². The van der Waals surface area contributed by atoms with E-state index in [0.29, 0.717) is 0 Å². The molecular formula is C10H16N4. The molecule has 14 heavy (non-hydrogen) atoms. The molecule has 0 unspecified atom stereocenters. The molecule has 2 heterocycles. The van der Waals surface area contributed by atoms with E-state index in [-0.39, 0.29) is 1.43 Å². The average Bonchev–Trinajstić information content (AvgIpc) is 2.46. The Balaban J connectivity index is 0.00000112. The minimum atomic E-state index is 0. The lowest BCUT2D eigenvalue weighted by atomic mass is 10.2. The van der Waals surface area contributed by atoms with E-state index in [1.165, 1.54) is 0 Å². The summed E-state index contributed by atoms with van der Waals surface area (Å²) in [6, 6.07) is 0. The minimum Gasteiger partial charge on any atom is -0.380 e. The van der Waals surface area contributed by atoms with Gasteiger partial charge in [0.1, 0.15) is 5.82 Å². The van der Waals surface area contributed by atoms with Crippen LogP contribution >= 0.6 is 0 Å². The lowest BCUT2D eigenvalue weighted by molar-refractivity contribution is 0.468. The summed E-state index contributed by atoms with van der Waals surface area (Å²) < 4.78 is 0. The van der Waals surface area contributed by atoms with Gasteiger partial charge in [0.15, 0.2) is 5.82 Å². The lowest BCUT2D eigenvalue weighted by Crippen LogP contribution is -2.09. The van der Waals surface area contributed by atoms with Crippen molar-refractivity contribution in [3.8, 4) is 0 Å². The number of allylic oxidation sites excluding steroid dienone is 2. The topological polar surface area (TPSA) is 44.8 Å². The molecule has 0 atom stereocenters. The van der Waals surface area contributed by atoms with Gasteiger partial charge < -0.3 is 4.90 Å². The lowest BCUT2D eigenvalue weighted by Gasteiger charge is -2.08. The van der Waals surface area contributed by atoms with Gasteiger partial charge in [-0.25, -0.2) is 4.98 Å². The number of aromatic nitrogens is 3.